The molecule has 0 saturated heterocycles. The molecule has 0 fully saturated rings. The summed E-state index contributed by atoms with van der Waals surface area (Å²) in [6.45, 7) is 0. The maximum Gasteiger partial charge on any atom is 0.214 e. The molecule has 0 unspecified atom stereocenters. The van der Waals surface area contributed by atoms with Crippen LogP contribution in [-0.4, -0.2) is 35.2 Å². The summed E-state index contributed by atoms with van der Waals surface area (Å²) in [7, 11) is 3.12. The number of hydrazone groups is 1. The van der Waals surface area contributed by atoms with Crippen LogP contribution in [0.3, 0.4) is 0 Å². The third-order valence-corrected chi connectivity index (χ3v) is 5.70. The molecule has 31 heavy (non-hydrogen) atoms. The first-order chi connectivity index (χ1) is 15.1. The van der Waals surface area contributed by atoms with E-state index < -0.39 is 6.23 Å². The van der Waals surface area contributed by atoms with Gasteiger partial charge in [0.2, 0.25) is 6.23 Å². The molecule has 158 valence electrons. The van der Waals surface area contributed by atoms with Crippen molar-refractivity contribution in [3.05, 3.63) is 77.4 Å². The summed E-state index contributed by atoms with van der Waals surface area (Å²) in [4.78, 5) is 0. The van der Waals surface area contributed by atoms with Crippen LogP contribution in [0.4, 0.5) is 0 Å². The molecule has 0 bridgehead atoms. The lowest BCUT2D eigenvalue weighted by molar-refractivity contribution is -0.0210. The summed E-state index contributed by atoms with van der Waals surface area (Å²) >= 11 is 0. The van der Waals surface area contributed by atoms with Gasteiger partial charge in [0.15, 0.2) is 23.0 Å². The van der Waals surface area contributed by atoms with Crippen LogP contribution in [0.1, 0.15) is 35.4 Å². The van der Waals surface area contributed by atoms with E-state index in [1.807, 2.05) is 35.3 Å². The van der Waals surface area contributed by atoms with Crippen molar-refractivity contribution < 1.29 is 24.4 Å². The van der Waals surface area contributed by atoms with E-state index in [0.717, 1.165) is 16.8 Å². The Morgan fingerprint density at radius 3 is 2.52 bits per heavy atom. The lowest BCUT2D eigenvalue weighted by Crippen LogP contribution is -2.33. The van der Waals surface area contributed by atoms with Gasteiger partial charge in [-0.05, 0) is 36.4 Å². The van der Waals surface area contributed by atoms with Crippen molar-refractivity contribution in [3.63, 3.8) is 0 Å². The molecular formula is C24H22N2O5. The number of para-hydroxylation sites is 2. The molecule has 0 radical (unpaired) electrons. The molecule has 7 nitrogen and oxygen atoms in total. The fourth-order valence-electron chi connectivity index (χ4n) is 4.19. The van der Waals surface area contributed by atoms with Crippen LogP contribution in [-0.2, 0) is 0 Å². The number of hydrogen-bond donors (Lipinski definition) is 2. The Bertz CT molecular complexity index is 1180. The molecule has 3 aromatic rings. The van der Waals surface area contributed by atoms with Crippen molar-refractivity contribution in [2.24, 2.45) is 5.10 Å². The number of nitrogens with zero attached hydrogens (tertiary/aromatic N) is 2. The highest BCUT2D eigenvalue weighted by Crippen LogP contribution is 2.51. The van der Waals surface area contributed by atoms with Gasteiger partial charge in [-0.3, -0.25) is 0 Å². The van der Waals surface area contributed by atoms with E-state index in [1.54, 1.807) is 37.4 Å². The number of hydrogen-bond acceptors (Lipinski definition) is 7. The second-order valence-corrected chi connectivity index (χ2v) is 7.44. The van der Waals surface area contributed by atoms with Crippen molar-refractivity contribution in [2.75, 3.05) is 14.2 Å². The van der Waals surface area contributed by atoms with Gasteiger partial charge in [-0.2, -0.15) is 5.10 Å². The van der Waals surface area contributed by atoms with Crippen molar-refractivity contribution in [1.29, 1.82) is 0 Å². The number of phenolic OH excluding ortho intramolecular Hbond substituents is 2. The third-order valence-electron chi connectivity index (χ3n) is 5.70. The topological polar surface area (TPSA) is 83.8 Å². The molecule has 2 N–H and O–H groups in total. The van der Waals surface area contributed by atoms with Crippen molar-refractivity contribution >= 4 is 5.71 Å². The van der Waals surface area contributed by atoms with Gasteiger partial charge in [0.25, 0.3) is 0 Å². The molecule has 7 heteroatoms. The Kier molecular flexibility index (Phi) is 4.58. The quantitative estimate of drug-likeness (QED) is 0.655. The second-order valence-electron chi connectivity index (χ2n) is 7.44. The normalized spacial score (nSPS) is 19.2. The monoisotopic (exact) mass is 418 g/mol. The maximum atomic E-state index is 10.4. The third kappa shape index (κ3) is 3.09. The lowest BCUT2D eigenvalue weighted by atomic mass is 9.95. The molecule has 3 aromatic carbocycles. The summed E-state index contributed by atoms with van der Waals surface area (Å²) in [5.74, 6) is 1.90. The van der Waals surface area contributed by atoms with E-state index >= 15 is 0 Å². The lowest BCUT2D eigenvalue weighted by Gasteiger charge is -2.38. The predicted molar refractivity (Wildman–Crippen MR) is 115 cm³/mol. The minimum absolute atomic E-state index is 0.0522. The highest BCUT2D eigenvalue weighted by Gasteiger charge is 2.42. The van der Waals surface area contributed by atoms with E-state index in [4.69, 9.17) is 19.3 Å². The largest absolute Gasteiger partial charge is 0.507 e. The number of fused-ring (bicyclic) bond motifs is 3. The molecule has 0 spiro atoms. The molecule has 5 rings (SSSR count). The smallest absolute Gasteiger partial charge is 0.214 e. The average molecular weight is 418 g/mol. The summed E-state index contributed by atoms with van der Waals surface area (Å²) in [6, 6.07) is 18.0. The van der Waals surface area contributed by atoms with Gasteiger partial charge < -0.3 is 24.4 Å². The molecule has 0 saturated carbocycles. The number of benzene rings is 3. The SMILES string of the molecule is COc1cc([C@@H]2Oc3c(OC)cccc3[C@H]3CC(c4ccccc4O)=NN32)ccc1O. The molecule has 2 atom stereocenters. The maximum absolute atomic E-state index is 10.4. The Labute approximate surface area is 179 Å². The van der Waals surface area contributed by atoms with Crippen LogP contribution in [0.25, 0.3) is 0 Å². The molecule has 0 aromatic heterocycles. The van der Waals surface area contributed by atoms with E-state index in [1.165, 1.54) is 7.11 Å². The Balaban J connectivity index is 1.64. The van der Waals surface area contributed by atoms with Crippen molar-refractivity contribution in [2.45, 2.75) is 18.7 Å². The Morgan fingerprint density at radius 1 is 0.935 bits per heavy atom. The van der Waals surface area contributed by atoms with E-state index in [9.17, 15) is 10.2 Å². The van der Waals surface area contributed by atoms with Crippen LogP contribution in [0.15, 0.2) is 65.8 Å². The zero-order chi connectivity index (χ0) is 21.5. The fraction of sp³-hybridized carbons (Fsp3) is 0.208. The summed E-state index contributed by atoms with van der Waals surface area (Å²) in [5.41, 5.74) is 3.22. The zero-order valence-electron chi connectivity index (χ0n) is 17.1. The number of aromatic hydroxyl groups is 2. The van der Waals surface area contributed by atoms with Gasteiger partial charge in [0.1, 0.15) is 5.75 Å². The fourth-order valence-corrected chi connectivity index (χ4v) is 4.19. The summed E-state index contributed by atoms with van der Waals surface area (Å²) in [5, 5.41) is 27.1. The standard InChI is InChI=1S/C24H22N2O5/c1-29-21-9-5-7-16-18-13-17(15-6-3-4-8-19(15)27)25-26(18)24(31-23(16)21)14-10-11-20(28)22(12-14)30-2/h3-12,18,24,27-28H,13H2,1-2H3/t18-,24+/m1/s1. The molecular weight excluding hydrogens is 396 g/mol. The molecule has 0 aliphatic carbocycles. The number of rotatable bonds is 4. The van der Waals surface area contributed by atoms with Crippen LogP contribution < -0.4 is 14.2 Å². The van der Waals surface area contributed by atoms with Gasteiger partial charge in [0.05, 0.1) is 26.0 Å². The molecule has 0 amide bonds. The average Bonchev–Trinajstić information content (AvgIpc) is 3.24. The first-order valence-corrected chi connectivity index (χ1v) is 9.95. The summed E-state index contributed by atoms with van der Waals surface area (Å²) in [6.07, 6.45) is 0.0407. The minimum atomic E-state index is -0.563. The van der Waals surface area contributed by atoms with E-state index in [2.05, 4.69) is 0 Å². The van der Waals surface area contributed by atoms with Crippen molar-refractivity contribution in [1.82, 2.24) is 5.01 Å². The van der Waals surface area contributed by atoms with Gasteiger partial charge in [-0.15, -0.1) is 0 Å². The molecule has 2 aliphatic heterocycles. The van der Waals surface area contributed by atoms with Gasteiger partial charge in [-0.1, -0.05) is 24.3 Å². The minimum Gasteiger partial charge on any atom is -0.507 e. The number of methoxy groups -OCH3 is 2. The van der Waals surface area contributed by atoms with E-state index in [0.29, 0.717) is 29.2 Å². The molecule has 2 aliphatic rings. The number of phenols is 2. The van der Waals surface area contributed by atoms with Gasteiger partial charge >= 0.3 is 0 Å². The first kappa shape index (κ1) is 19.1. The second kappa shape index (κ2) is 7.43. The highest BCUT2D eigenvalue weighted by atomic mass is 16.5. The zero-order valence-corrected chi connectivity index (χ0v) is 17.1. The summed E-state index contributed by atoms with van der Waals surface area (Å²) < 4.78 is 17.2. The molecule has 2 heterocycles. The van der Waals surface area contributed by atoms with Crippen molar-refractivity contribution in [3.8, 4) is 28.7 Å². The van der Waals surface area contributed by atoms with Crippen LogP contribution in [0.5, 0.6) is 28.7 Å². The van der Waals surface area contributed by atoms with Crippen LogP contribution >= 0.6 is 0 Å². The van der Waals surface area contributed by atoms with Crippen LogP contribution in [0, 0.1) is 0 Å². The predicted octanol–water partition coefficient (Wildman–Crippen LogP) is 4.36. The van der Waals surface area contributed by atoms with Gasteiger partial charge in [0, 0.05) is 23.1 Å². The van der Waals surface area contributed by atoms with E-state index in [-0.39, 0.29) is 17.5 Å². The highest BCUT2D eigenvalue weighted by molar-refractivity contribution is 6.04. The Morgan fingerprint density at radius 2 is 1.74 bits per heavy atom. The van der Waals surface area contributed by atoms with Gasteiger partial charge in [-0.25, -0.2) is 5.01 Å². The van der Waals surface area contributed by atoms with Crippen LogP contribution in [0.2, 0.25) is 0 Å². The number of ether oxygens (including phenoxy) is 3. The first-order valence-electron chi connectivity index (χ1n) is 9.95. The Hall–Kier alpha value is -3.87.